The molecule has 0 aliphatic rings. The number of hydrogen-bond acceptors (Lipinski definition) is 5. The zero-order chi connectivity index (χ0) is 17.4. The molecule has 0 unspecified atom stereocenters. The number of nitrogens with zero attached hydrogens (tertiary/aromatic N) is 5. The molecule has 3 aromatic heterocycles. The van der Waals surface area contributed by atoms with E-state index in [-0.39, 0.29) is 5.82 Å². The van der Waals surface area contributed by atoms with Crippen molar-refractivity contribution in [1.29, 1.82) is 5.26 Å². The molecule has 0 aliphatic carbocycles. The second-order valence-corrected chi connectivity index (χ2v) is 5.78. The van der Waals surface area contributed by atoms with Crippen molar-refractivity contribution < 1.29 is 0 Å². The van der Waals surface area contributed by atoms with Gasteiger partial charge in [0, 0.05) is 41.3 Å². The van der Waals surface area contributed by atoms with Gasteiger partial charge in [-0.1, -0.05) is 6.07 Å². The lowest BCUT2D eigenvalue weighted by atomic mass is 9.99. The van der Waals surface area contributed by atoms with E-state index >= 15 is 0 Å². The summed E-state index contributed by atoms with van der Waals surface area (Å²) in [5.74, 6) is 0.216. The lowest BCUT2D eigenvalue weighted by Crippen LogP contribution is -2.01. The van der Waals surface area contributed by atoms with Crippen LogP contribution in [0.15, 0.2) is 24.4 Å². The van der Waals surface area contributed by atoms with Gasteiger partial charge in [-0.25, -0.2) is 4.98 Å². The highest BCUT2D eigenvalue weighted by molar-refractivity contribution is 5.80. The number of rotatable bonds is 2. The standard InChI is InChI=1S/C18H18N6/c1-10-5-6-13(9-21-10)14-7-16(22-18(20)15(14)8-19)17-11(2)23-24(4)12(17)3/h5-7,9H,1-4H3,(H2,20,22). The Morgan fingerprint density at radius 3 is 2.50 bits per heavy atom. The third kappa shape index (κ3) is 2.50. The molecule has 3 heterocycles. The molecule has 120 valence electrons. The number of anilines is 1. The van der Waals surface area contributed by atoms with Gasteiger partial charge in [0.25, 0.3) is 0 Å². The fraction of sp³-hybridized carbons (Fsp3) is 0.222. The van der Waals surface area contributed by atoms with Crippen LogP contribution in [-0.2, 0) is 7.05 Å². The van der Waals surface area contributed by atoms with Gasteiger partial charge in [0.1, 0.15) is 17.5 Å². The molecule has 3 rings (SSSR count). The zero-order valence-corrected chi connectivity index (χ0v) is 14.1. The summed E-state index contributed by atoms with van der Waals surface area (Å²) in [6.45, 7) is 5.84. The van der Waals surface area contributed by atoms with E-state index in [0.29, 0.717) is 11.3 Å². The highest BCUT2D eigenvalue weighted by Crippen LogP contribution is 2.33. The van der Waals surface area contributed by atoms with Gasteiger partial charge in [0.05, 0.1) is 11.4 Å². The normalized spacial score (nSPS) is 10.6. The summed E-state index contributed by atoms with van der Waals surface area (Å²) in [4.78, 5) is 8.75. The molecule has 0 radical (unpaired) electrons. The van der Waals surface area contributed by atoms with Crippen molar-refractivity contribution in [3.63, 3.8) is 0 Å². The van der Waals surface area contributed by atoms with Gasteiger partial charge in [-0.3, -0.25) is 9.67 Å². The molecule has 24 heavy (non-hydrogen) atoms. The van der Waals surface area contributed by atoms with Gasteiger partial charge < -0.3 is 5.73 Å². The number of aromatic nitrogens is 4. The van der Waals surface area contributed by atoms with Crippen molar-refractivity contribution in [1.82, 2.24) is 19.7 Å². The van der Waals surface area contributed by atoms with Crippen molar-refractivity contribution in [3.05, 3.63) is 47.0 Å². The highest BCUT2D eigenvalue weighted by atomic mass is 15.3. The minimum Gasteiger partial charge on any atom is -0.383 e. The number of hydrogen-bond donors (Lipinski definition) is 1. The molecule has 0 bridgehead atoms. The third-order valence-corrected chi connectivity index (χ3v) is 4.15. The number of pyridine rings is 2. The molecule has 0 saturated carbocycles. The van der Waals surface area contributed by atoms with E-state index in [0.717, 1.165) is 33.8 Å². The number of aryl methyl sites for hydroxylation is 3. The first kappa shape index (κ1) is 15.7. The second-order valence-electron chi connectivity index (χ2n) is 5.78. The summed E-state index contributed by atoms with van der Waals surface area (Å²) in [6, 6.07) is 7.89. The van der Waals surface area contributed by atoms with Crippen LogP contribution in [0.25, 0.3) is 22.4 Å². The molecule has 0 fully saturated rings. The quantitative estimate of drug-likeness (QED) is 0.784. The van der Waals surface area contributed by atoms with E-state index in [4.69, 9.17) is 5.73 Å². The van der Waals surface area contributed by atoms with Crippen LogP contribution in [0.5, 0.6) is 0 Å². The molecule has 2 N–H and O–H groups in total. The van der Waals surface area contributed by atoms with Crippen LogP contribution in [-0.4, -0.2) is 19.7 Å². The monoisotopic (exact) mass is 318 g/mol. The summed E-state index contributed by atoms with van der Waals surface area (Å²) >= 11 is 0. The average Bonchev–Trinajstić information content (AvgIpc) is 2.80. The van der Waals surface area contributed by atoms with Gasteiger partial charge in [0.15, 0.2) is 0 Å². The second kappa shape index (κ2) is 5.78. The molecule has 0 aliphatic heterocycles. The smallest absolute Gasteiger partial charge is 0.142 e. The minimum absolute atomic E-state index is 0.216. The Kier molecular flexibility index (Phi) is 3.78. The van der Waals surface area contributed by atoms with Gasteiger partial charge in [0.2, 0.25) is 0 Å². The molecule has 0 aromatic carbocycles. The van der Waals surface area contributed by atoms with Crippen LogP contribution in [0.2, 0.25) is 0 Å². The lowest BCUT2D eigenvalue weighted by molar-refractivity contribution is 0.731. The maximum atomic E-state index is 9.48. The van der Waals surface area contributed by atoms with Gasteiger partial charge in [-0.2, -0.15) is 10.4 Å². The van der Waals surface area contributed by atoms with Crippen molar-refractivity contribution in [2.75, 3.05) is 5.73 Å². The fourth-order valence-corrected chi connectivity index (χ4v) is 2.81. The largest absolute Gasteiger partial charge is 0.383 e. The summed E-state index contributed by atoms with van der Waals surface area (Å²) in [5.41, 5.74) is 12.4. The van der Waals surface area contributed by atoms with E-state index in [1.165, 1.54) is 0 Å². The maximum absolute atomic E-state index is 9.48. The van der Waals surface area contributed by atoms with Gasteiger partial charge >= 0.3 is 0 Å². The topological polar surface area (TPSA) is 93.4 Å². The van der Waals surface area contributed by atoms with Crippen LogP contribution in [0.4, 0.5) is 5.82 Å². The van der Waals surface area contributed by atoms with Crippen molar-refractivity contribution in [2.45, 2.75) is 20.8 Å². The van der Waals surface area contributed by atoms with E-state index in [1.54, 1.807) is 6.20 Å². The molecular weight excluding hydrogens is 300 g/mol. The van der Waals surface area contributed by atoms with Gasteiger partial charge in [-0.15, -0.1) is 0 Å². The van der Waals surface area contributed by atoms with E-state index in [9.17, 15) is 5.26 Å². The lowest BCUT2D eigenvalue weighted by Gasteiger charge is -2.10. The Hall–Kier alpha value is -3.20. The summed E-state index contributed by atoms with van der Waals surface area (Å²) in [6.07, 6.45) is 1.75. The van der Waals surface area contributed by atoms with Crippen LogP contribution in [0.1, 0.15) is 22.6 Å². The molecular formula is C18H18N6. The molecule has 6 heteroatoms. The summed E-state index contributed by atoms with van der Waals surface area (Å²) in [5, 5.41) is 13.9. The Morgan fingerprint density at radius 2 is 1.96 bits per heavy atom. The first-order valence-electron chi connectivity index (χ1n) is 7.56. The van der Waals surface area contributed by atoms with Crippen molar-refractivity contribution >= 4 is 5.82 Å². The number of nitrogen functional groups attached to an aromatic ring is 1. The SMILES string of the molecule is Cc1ccc(-c2cc(-c3c(C)nn(C)c3C)nc(N)c2C#N)cn1. The third-order valence-electron chi connectivity index (χ3n) is 4.15. The minimum atomic E-state index is 0.216. The van der Waals surface area contributed by atoms with E-state index in [2.05, 4.69) is 21.1 Å². The number of nitrogens with two attached hydrogens (primary N) is 1. The Morgan fingerprint density at radius 1 is 1.21 bits per heavy atom. The van der Waals surface area contributed by atoms with Crippen LogP contribution < -0.4 is 5.73 Å². The molecule has 0 saturated heterocycles. The predicted molar refractivity (Wildman–Crippen MR) is 93.0 cm³/mol. The Labute approximate surface area is 140 Å². The Bertz CT molecular complexity index is 961. The average molecular weight is 318 g/mol. The molecule has 3 aromatic rings. The molecule has 6 nitrogen and oxygen atoms in total. The summed E-state index contributed by atoms with van der Waals surface area (Å²) < 4.78 is 1.81. The zero-order valence-electron chi connectivity index (χ0n) is 14.1. The van der Waals surface area contributed by atoms with Crippen LogP contribution >= 0.6 is 0 Å². The first-order chi connectivity index (χ1) is 11.4. The van der Waals surface area contributed by atoms with Crippen LogP contribution in [0.3, 0.4) is 0 Å². The van der Waals surface area contributed by atoms with Gasteiger partial charge in [-0.05, 0) is 32.9 Å². The fourth-order valence-electron chi connectivity index (χ4n) is 2.81. The van der Waals surface area contributed by atoms with E-state index < -0.39 is 0 Å². The summed E-state index contributed by atoms with van der Waals surface area (Å²) in [7, 11) is 1.89. The highest BCUT2D eigenvalue weighted by Gasteiger charge is 2.18. The Balaban J connectivity index is 2.28. The first-order valence-corrected chi connectivity index (χ1v) is 7.56. The maximum Gasteiger partial charge on any atom is 0.142 e. The van der Waals surface area contributed by atoms with Crippen LogP contribution in [0, 0.1) is 32.1 Å². The molecule has 0 spiro atoms. The van der Waals surface area contributed by atoms with Crippen molar-refractivity contribution in [3.8, 4) is 28.5 Å². The number of nitriles is 1. The van der Waals surface area contributed by atoms with E-state index in [1.807, 2.05) is 50.7 Å². The molecule has 0 atom stereocenters. The predicted octanol–water partition coefficient (Wildman–Crippen LogP) is 2.92. The molecule has 0 amide bonds. The van der Waals surface area contributed by atoms with Crippen molar-refractivity contribution in [2.24, 2.45) is 7.05 Å².